The van der Waals surface area contributed by atoms with E-state index in [9.17, 15) is 0 Å². The molecule has 1 unspecified atom stereocenters. The Labute approximate surface area is 183 Å². The molecule has 6 heteroatoms. The first kappa shape index (κ1) is 20.5. The maximum atomic E-state index is 4.52. The van der Waals surface area contributed by atoms with Gasteiger partial charge in [-0.2, -0.15) is 0 Å². The fourth-order valence-electron chi connectivity index (χ4n) is 3.76. The average molecular weight is 420 g/mol. The van der Waals surface area contributed by atoms with Crippen LogP contribution in [-0.4, -0.2) is 46.3 Å². The third-order valence-corrected chi connectivity index (χ3v) is 6.67. The molecule has 0 amide bonds. The zero-order valence-corrected chi connectivity index (χ0v) is 18.3. The van der Waals surface area contributed by atoms with Crippen LogP contribution in [-0.2, 0) is 13.1 Å². The number of guanidine groups is 1. The number of benzene rings is 2. The fourth-order valence-corrected chi connectivity index (χ4v) is 4.81. The predicted molar refractivity (Wildman–Crippen MR) is 125 cm³/mol. The maximum Gasteiger partial charge on any atom is 0.193 e. The first-order chi connectivity index (χ1) is 14.8. The largest absolute Gasteiger partial charge is 0.352 e. The highest BCUT2D eigenvalue weighted by molar-refractivity contribution is 7.99. The summed E-state index contributed by atoms with van der Waals surface area (Å²) in [6, 6.07) is 19.4. The molecule has 1 aromatic heterocycles. The quantitative estimate of drug-likeness (QED) is 0.355. The Kier molecular flexibility index (Phi) is 7.08. The third kappa shape index (κ3) is 5.66. The topological polar surface area (TPSA) is 45.5 Å². The highest BCUT2D eigenvalue weighted by Gasteiger charge is 2.24. The molecule has 0 spiro atoms. The molecule has 1 N–H and O–H groups in total. The molecule has 0 radical (unpaired) electrons. The number of hydrogen-bond donors (Lipinski definition) is 1. The lowest BCUT2D eigenvalue weighted by atomic mass is 10.1. The molecule has 156 valence electrons. The molecule has 1 atom stereocenters. The van der Waals surface area contributed by atoms with Gasteiger partial charge in [0.05, 0.1) is 6.33 Å². The van der Waals surface area contributed by atoms with Gasteiger partial charge in [-0.1, -0.05) is 42.5 Å². The van der Waals surface area contributed by atoms with Gasteiger partial charge >= 0.3 is 0 Å². The molecule has 0 bridgehead atoms. The number of likely N-dealkylation sites (tertiary alicyclic amines) is 1. The minimum absolute atomic E-state index is 0.705. The summed E-state index contributed by atoms with van der Waals surface area (Å²) < 4.78 is 2.08. The highest BCUT2D eigenvalue weighted by Crippen LogP contribution is 2.25. The van der Waals surface area contributed by atoms with Crippen LogP contribution in [0.5, 0.6) is 0 Å². The number of thioether (sulfide) groups is 1. The molecular formula is C24H29N5S. The van der Waals surface area contributed by atoms with E-state index in [1.165, 1.54) is 22.4 Å². The molecule has 2 aromatic carbocycles. The Morgan fingerprint density at radius 2 is 1.93 bits per heavy atom. The van der Waals surface area contributed by atoms with Crippen molar-refractivity contribution < 1.29 is 0 Å². The summed E-state index contributed by atoms with van der Waals surface area (Å²) in [6.45, 7) is 3.79. The van der Waals surface area contributed by atoms with Crippen LogP contribution in [0, 0.1) is 5.92 Å². The Morgan fingerprint density at radius 3 is 2.67 bits per heavy atom. The SMILES string of the molecule is CN=C(NCc1ccc(Cn2ccnc2)cc1)N1CCC(CSc2ccccc2)C1. The fraction of sp³-hybridized carbons (Fsp3) is 0.333. The summed E-state index contributed by atoms with van der Waals surface area (Å²) >= 11 is 1.96. The molecule has 1 saturated heterocycles. The van der Waals surface area contributed by atoms with Crippen LogP contribution < -0.4 is 5.32 Å². The van der Waals surface area contributed by atoms with E-state index >= 15 is 0 Å². The molecule has 0 saturated carbocycles. The number of hydrogen-bond acceptors (Lipinski definition) is 3. The van der Waals surface area contributed by atoms with Gasteiger partial charge in [-0.3, -0.25) is 4.99 Å². The maximum absolute atomic E-state index is 4.52. The summed E-state index contributed by atoms with van der Waals surface area (Å²) in [5.74, 6) is 2.87. The first-order valence-electron chi connectivity index (χ1n) is 10.5. The second-order valence-electron chi connectivity index (χ2n) is 7.68. The Balaban J connectivity index is 1.24. The minimum Gasteiger partial charge on any atom is -0.352 e. The van der Waals surface area contributed by atoms with Crippen LogP contribution in [0.15, 0.2) is 83.2 Å². The summed E-state index contributed by atoms with van der Waals surface area (Å²) in [7, 11) is 1.88. The van der Waals surface area contributed by atoms with Crippen molar-refractivity contribution >= 4 is 17.7 Å². The standard InChI is InChI=1S/C24H29N5S/c1-25-24(29-13-11-22(17-29)18-30-23-5-3-2-4-6-23)27-15-20-7-9-21(10-8-20)16-28-14-12-26-19-28/h2-10,12,14,19,22H,11,13,15-18H2,1H3,(H,25,27). The molecular weight excluding hydrogens is 390 g/mol. The van der Waals surface area contributed by atoms with Gasteiger partial charge in [0, 0.05) is 56.3 Å². The van der Waals surface area contributed by atoms with Crippen LogP contribution in [0.3, 0.4) is 0 Å². The molecule has 0 aliphatic carbocycles. The molecule has 2 heterocycles. The van der Waals surface area contributed by atoms with Crippen LogP contribution in [0.25, 0.3) is 0 Å². The first-order valence-corrected chi connectivity index (χ1v) is 11.5. The number of rotatable bonds is 7. The van der Waals surface area contributed by atoms with Gasteiger partial charge in [0.2, 0.25) is 0 Å². The van der Waals surface area contributed by atoms with Crippen LogP contribution >= 0.6 is 11.8 Å². The molecule has 30 heavy (non-hydrogen) atoms. The number of imidazole rings is 1. The zero-order chi connectivity index (χ0) is 20.6. The van der Waals surface area contributed by atoms with E-state index in [4.69, 9.17) is 0 Å². The smallest absolute Gasteiger partial charge is 0.193 e. The number of nitrogens with one attached hydrogen (secondary N) is 1. The van der Waals surface area contributed by atoms with Crippen molar-refractivity contribution in [1.29, 1.82) is 0 Å². The minimum atomic E-state index is 0.705. The van der Waals surface area contributed by atoms with Crippen LogP contribution in [0.1, 0.15) is 17.5 Å². The van der Waals surface area contributed by atoms with E-state index in [1.807, 2.05) is 37.5 Å². The number of aliphatic imine (C=N–C) groups is 1. The van der Waals surface area contributed by atoms with Gasteiger partial charge in [0.15, 0.2) is 5.96 Å². The molecule has 1 aliphatic rings. The van der Waals surface area contributed by atoms with Gasteiger partial charge in [-0.15, -0.1) is 11.8 Å². The molecule has 5 nitrogen and oxygen atoms in total. The summed E-state index contributed by atoms with van der Waals surface area (Å²) in [4.78, 5) is 12.4. The van der Waals surface area contributed by atoms with Crippen molar-refractivity contribution in [3.05, 3.63) is 84.4 Å². The highest BCUT2D eigenvalue weighted by atomic mass is 32.2. The monoisotopic (exact) mass is 419 g/mol. The number of aromatic nitrogens is 2. The van der Waals surface area contributed by atoms with E-state index in [1.54, 1.807) is 0 Å². The second kappa shape index (κ2) is 10.3. The van der Waals surface area contributed by atoms with Crippen LogP contribution in [0.2, 0.25) is 0 Å². The zero-order valence-electron chi connectivity index (χ0n) is 17.4. The molecule has 1 aliphatic heterocycles. The summed E-state index contributed by atoms with van der Waals surface area (Å²) in [5, 5.41) is 3.54. The normalized spacial score (nSPS) is 16.8. The third-order valence-electron chi connectivity index (χ3n) is 5.42. The Morgan fingerprint density at radius 1 is 1.13 bits per heavy atom. The van der Waals surface area contributed by atoms with Crippen molar-refractivity contribution in [2.24, 2.45) is 10.9 Å². The van der Waals surface area contributed by atoms with Gasteiger partial charge < -0.3 is 14.8 Å². The van der Waals surface area contributed by atoms with Crippen molar-refractivity contribution in [1.82, 2.24) is 19.8 Å². The van der Waals surface area contributed by atoms with Gasteiger partial charge in [-0.05, 0) is 35.6 Å². The van der Waals surface area contributed by atoms with Gasteiger partial charge in [-0.25, -0.2) is 4.98 Å². The molecule has 3 aromatic rings. The summed E-state index contributed by atoms with van der Waals surface area (Å²) in [6.07, 6.45) is 6.87. The lowest BCUT2D eigenvalue weighted by Gasteiger charge is -2.22. The number of nitrogens with zero attached hydrogens (tertiary/aromatic N) is 4. The predicted octanol–water partition coefficient (Wildman–Crippen LogP) is 4.12. The van der Waals surface area contributed by atoms with Crippen molar-refractivity contribution in [3.63, 3.8) is 0 Å². The van der Waals surface area contributed by atoms with Crippen LogP contribution in [0.4, 0.5) is 0 Å². The van der Waals surface area contributed by atoms with Crippen molar-refractivity contribution in [2.45, 2.75) is 24.4 Å². The van der Waals surface area contributed by atoms with Gasteiger partial charge in [0.25, 0.3) is 0 Å². The molecule has 1 fully saturated rings. The van der Waals surface area contributed by atoms with Crippen molar-refractivity contribution in [3.8, 4) is 0 Å². The second-order valence-corrected chi connectivity index (χ2v) is 8.77. The van der Waals surface area contributed by atoms with E-state index in [2.05, 4.69) is 79.4 Å². The van der Waals surface area contributed by atoms with E-state index < -0.39 is 0 Å². The Hall–Kier alpha value is -2.73. The lowest BCUT2D eigenvalue weighted by molar-refractivity contribution is 0.474. The van der Waals surface area contributed by atoms with E-state index in [0.717, 1.165) is 37.9 Å². The van der Waals surface area contributed by atoms with E-state index in [0.29, 0.717) is 5.92 Å². The lowest BCUT2D eigenvalue weighted by Crippen LogP contribution is -2.39. The average Bonchev–Trinajstić information content (AvgIpc) is 3.47. The summed E-state index contributed by atoms with van der Waals surface area (Å²) in [5.41, 5.74) is 2.54. The molecule has 4 rings (SSSR count). The Bertz CT molecular complexity index is 922. The van der Waals surface area contributed by atoms with Crippen molar-refractivity contribution in [2.75, 3.05) is 25.9 Å². The van der Waals surface area contributed by atoms with Gasteiger partial charge in [0.1, 0.15) is 0 Å². The van der Waals surface area contributed by atoms with E-state index in [-0.39, 0.29) is 0 Å².